The molecule has 10 heteroatoms. The summed E-state index contributed by atoms with van der Waals surface area (Å²) in [5.74, 6) is 1.69. The van der Waals surface area contributed by atoms with E-state index in [4.69, 9.17) is 14.5 Å². The van der Waals surface area contributed by atoms with Crippen LogP contribution in [0.15, 0.2) is 57.0 Å². The van der Waals surface area contributed by atoms with Crippen LogP contribution in [0.3, 0.4) is 0 Å². The number of nitrogens with two attached hydrogens (primary N) is 1. The van der Waals surface area contributed by atoms with Gasteiger partial charge in [0.15, 0.2) is 5.96 Å². The van der Waals surface area contributed by atoms with Crippen molar-refractivity contribution in [3.8, 4) is 0 Å². The number of rotatable bonds is 8. The van der Waals surface area contributed by atoms with Gasteiger partial charge >= 0.3 is 0 Å². The molecule has 166 valence electrons. The molecule has 0 radical (unpaired) electrons. The predicted octanol–water partition coefficient (Wildman–Crippen LogP) is 3.11. The maximum Gasteiger partial charge on any atom is 0.238 e. The molecule has 1 aromatic carbocycles. The molecule has 0 spiro atoms. The lowest BCUT2D eigenvalue weighted by Crippen LogP contribution is -2.43. The zero-order valence-corrected chi connectivity index (χ0v) is 20.9. The van der Waals surface area contributed by atoms with Crippen LogP contribution in [0.5, 0.6) is 0 Å². The van der Waals surface area contributed by atoms with Crippen LogP contribution < -0.4 is 15.8 Å². The van der Waals surface area contributed by atoms with Crippen LogP contribution in [0.1, 0.15) is 30.6 Å². The highest BCUT2D eigenvalue weighted by Crippen LogP contribution is 2.28. The molecule has 0 aliphatic heterocycles. The lowest BCUT2D eigenvalue weighted by Gasteiger charge is -2.18. The number of guanidine groups is 1. The number of furan rings is 1. The fourth-order valence-corrected chi connectivity index (χ4v) is 4.66. The van der Waals surface area contributed by atoms with Crippen LogP contribution in [0, 0.1) is 0 Å². The van der Waals surface area contributed by atoms with Gasteiger partial charge in [-0.2, -0.15) is 11.8 Å². The van der Waals surface area contributed by atoms with Crippen LogP contribution in [0.4, 0.5) is 0 Å². The largest absolute Gasteiger partial charge is 0.469 e. The van der Waals surface area contributed by atoms with Gasteiger partial charge in [-0.25, -0.2) is 18.5 Å². The van der Waals surface area contributed by atoms with Gasteiger partial charge in [0.05, 0.1) is 17.7 Å². The van der Waals surface area contributed by atoms with Crippen molar-refractivity contribution in [1.29, 1.82) is 0 Å². The molecular formula is C20H29IN4O3S2. The molecule has 2 unspecified atom stereocenters. The average Bonchev–Trinajstić information content (AvgIpc) is 3.37. The summed E-state index contributed by atoms with van der Waals surface area (Å²) in [6.07, 6.45) is 8.09. The summed E-state index contributed by atoms with van der Waals surface area (Å²) in [6, 6.07) is 10.8. The quantitative estimate of drug-likeness (QED) is 0.258. The summed E-state index contributed by atoms with van der Waals surface area (Å²) < 4.78 is 28.2. The molecule has 4 N–H and O–H groups in total. The first-order valence-electron chi connectivity index (χ1n) is 9.66. The van der Waals surface area contributed by atoms with E-state index in [1.807, 2.05) is 23.9 Å². The summed E-state index contributed by atoms with van der Waals surface area (Å²) in [4.78, 5) is 4.80. The molecule has 1 heterocycles. The minimum absolute atomic E-state index is 0. The second-order valence-corrected chi connectivity index (χ2v) is 9.82. The van der Waals surface area contributed by atoms with E-state index >= 15 is 0 Å². The third kappa shape index (κ3) is 7.78. The van der Waals surface area contributed by atoms with Gasteiger partial charge in [0.1, 0.15) is 5.76 Å². The summed E-state index contributed by atoms with van der Waals surface area (Å²) in [5, 5.41) is 12.8. The Kier molecular flexibility index (Phi) is 9.98. The van der Waals surface area contributed by atoms with Crippen LogP contribution in [-0.2, 0) is 23.0 Å². The molecule has 7 nitrogen and oxygen atoms in total. The first-order valence-corrected chi connectivity index (χ1v) is 12.5. The van der Waals surface area contributed by atoms with Crippen molar-refractivity contribution in [2.75, 3.05) is 12.8 Å². The van der Waals surface area contributed by atoms with Crippen LogP contribution in [0.25, 0.3) is 0 Å². The number of nitrogens with zero attached hydrogens (tertiary/aromatic N) is 1. The Hall–Kier alpha value is -1.24. The normalized spacial score (nSPS) is 19.3. The monoisotopic (exact) mass is 564 g/mol. The Labute approximate surface area is 199 Å². The molecule has 1 saturated carbocycles. The second kappa shape index (κ2) is 12.0. The minimum Gasteiger partial charge on any atom is -0.469 e. The third-order valence-electron chi connectivity index (χ3n) is 4.97. The molecule has 3 rings (SSSR count). The van der Waals surface area contributed by atoms with Crippen molar-refractivity contribution in [1.82, 2.24) is 10.6 Å². The van der Waals surface area contributed by atoms with Gasteiger partial charge in [-0.1, -0.05) is 12.1 Å². The van der Waals surface area contributed by atoms with E-state index in [9.17, 15) is 8.42 Å². The van der Waals surface area contributed by atoms with Crippen molar-refractivity contribution in [2.24, 2.45) is 10.1 Å². The zero-order valence-electron chi connectivity index (χ0n) is 16.9. The fraction of sp³-hybridized carbons (Fsp3) is 0.450. The third-order valence-corrected chi connectivity index (χ3v) is 7.00. The molecule has 0 amide bonds. The van der Waals surface area contributed by atoms with E-state index in [0.29, 0.717) is 24.4 Å². The van der Waals surface area contributed by atoms with Crippen molar-refractivity contribution >= 4 is 51.7 Å². The summed E-state index contributed by atoms with van der Waals surface area (Å²) in [5.41, 5.74) is 0.915. The lowest BCUT2D eigenvalue weighted by molar-refractivity contribution is 0.506. The molecule has 1 fully saturated rings. The number of benzene rings is 1. The van der Waals surface area contributed by atoms with Gasteiger partial charge in [0, 0.05) is 24.3 Å². The summed E-state index contributed by atoms with van der Waals surface area (Å²) >= 11 is 1.92. The Morgan fingerprint density at radius 3 is 2.63 bits per heavy atom. The van der Waals surface area contributed by atoms with Crippen LogP contribution in [0.2, 0.25) is 0 Å². The first-order chi connectivity index (χ1) is 13.9. The highest BCUT2D eigenvalue weighted by atomic mass is 127. The molecule has 0 saturated heterocycles. The molecule has 1 aromatic heterocycles. The molecule has 30 heavy (non-hydrogen) atoms. The fourth-order valence-electron chi connectivity index (χ4n) is 3.35. The second-order valence-electron chi connectivity index (χ2n) is 7.12. The van der Waals surface area contributed by atoms with Crippen LogP contribution >= 0.6 is 35.7 Å². The molecule has 2 aromatic rings. The van der Waals surface area contributed by atoms with Crippen molar-refractivity contribution in [3.05, 3.63) is 54.0 Å². The highest BCUT2D eigenvalue weighted by Gasteiger charge is 2.24. The SMILES string of the molecule is CSC1CCC(NC(=NCc2ccc(S(N)(=O)=O)cc2)NCCc2ccco2)C1.I. The van der Waals surface area contributed by atoms with E-state index in [1.54, 1.807) is 18.4 Å². The maximum atomic E-state index is 11.4. The Balaban J connectivity index is 0.00000320. The molecule has 1 aliphatic rings. The number of primary sulfonamides is 1. The Morgan fingerprint density at radius 1 is 1.27 bits per heavy atom. The van der Waals surface area contributed by atoms with E-state index < -0.39 is 10.0 Å². The van der Waals surface area contributed by atoms with Crippen molar-refractivity contribution in [2.45, 2.75) is 48.4 Å². The van der Waals surface area contributed by atoms with Crippen molar-refractivity contribution in [3.63, 3.8) is 0 Å². The number of halogens is 1. The molecular weight excluding hydrogens is 535 g/mol. The molecule has 2 atom stereocenters. The summed E-state index contributed by atoms with van der Waals surface area (Å²) in [7, 11) is -3.68. The van der Waals surface area contributed by atoms with E-state index in [2.05, 4.69) is 16.9 Å². The van der Waals surface area contributed by atoms with E-state index in [0.717, 1.165) is 36.5 Å². The minimum atomic E-state index is -3.68. The Morgan fingerprint density at radius 2 is 2.03 bits per heavy atom. The highest BCUT2D eigenvalue weighted by molar-refractivity contribution is 14.0. The maximum absolute atomic E-state index is 11.4. The van der Waals surface area contributed by atoms with Gasteiger partial charge in [-0.15, -0.1) is 24.0 Å². The van der Waals surface area contributed by atoms with Crippen molar-refractivity contribution < 1.29 is 12.8 Å². The van der Waals surface area contributed by atoms with Gasteiger partial charge in [-0.05, 0) is 55.3 Å². The standard InChI is InChI=1S/C20H28N4O3S2.HI/c1-28-18-7-6-16(13-18)24-20(22-11-10-17-3-2-12-27-17)23-14-15-4-8-19(9-5-15)29(21,25)26;/h2-5,8-9,12,16,18H,6-7,10-11,13-14H2,1H3,(H2,21,25,26)(H2,22,23,24);1H. The zero-order chi connectivity index (χ0) is 20.7. The topological polar surface area (TPSA) is 110 Å². The van der Waals surface area contributed by atoms with Gasteiger partial charge in [-0.3, -0.25) is 0 Å². The Bertz CT molecular complexity index is 903. The number of hydrogen-bond donors (Lipinski definition) is 3. The van der Waals surface area contributed by atoms with Gasteiger partial charge < -0.3 is 15.1 Å². The number of thioether (sulfide) groups is 1. The van der Waals surface area contributed by atoms with E-state index in [1.165, 1.54) is 18.6 Å². The number of hydrogen-bond acceptors (Lipinski definition) is 5. The molecule has 1 aliphatic carbocycles. The number of nitrogens with one attached hydrogen (secondary N) is 2. The first kappa shape index (κ1) is 25.0. The van der Waals surface area contributed by atoms with Crippen LogP contribution in [-0.4, -0.2) is 38.5 Å². The number of sulfonamides is 1. The smallest absolute Gasteiger partial charge is 0.238 e. The number of aliphatic imine (C=N–C) groups is 1. The summed E-state index contributed by atoms with van der Waals surface area (Å²) in [6.45, 7) is 1.15. The average molecular weight is 565 g/mol. The lowest BCUT2D eigenvalue weighted by atomic mass is 10.2. The molecule has 0 bridgehead atoms. The van der Waals surface area contributed by atoms with E-state index in [-0.39, 0.29) is 28.9 Å². The van der Waals surface area contributed by atoms with Gasteiger partial charge in [0.25, 0.3) is 0 Å². The van der Waals surface area contributed by atoms with Gasteiger partial charge in [0.2, 0.25) is 10.0 Å². The predicted molar refractivity (Wildman–Crippen MR) is 133 cm³/mol.